The molecule has 0 aliphatic heterocycles. The second kappa shape index (κ2) is 5.71. The first-order valence-electron chi connectivity index (χ1n) is 5.97. The first-order chi connectivity index (χ1) is 9.15. The highest BCUT2D eigenvalue weighted by atomic mass is 16.5. The Bertz CT molecular complexity index is 569. The van der Waals surface area contributed by atoms with Crippen molar-refractivity contribution in [2.75, 3.05) is 14.2 Å². The second-order valence-electron chi connectivity index (χ2n) is 4.31. The van der Waals surface area contributed by atoms with Crippen LogP contribution in [0, 0.1) is 6.92 Å². The highest BCUT2D eigenvalue weighted by Gasteiger charge is 2.16. The van der Waals surface area contributed by atoms with E-state index in [1.165, 1.54) is 0 Å². The van der Waals surface area contributed by atoms with E-state index in [2.05, 4.69) is 4.98 Å². The molecule has 100 valence electrons. The van der Waals surface area contributed by atoms with E-state index in [4.69, 9.17) is 9.47 Å². The number of rotatable bonds is 4. The summed E-state index contributed by atoms with van der Waals surface area (Å²) in [5.41, 5.74) is 2.46. The largest absolute Gasteiger partial charge is 0.496 e. The van der Waals surface area contributed by atoms with Crippen LogP contribution in [0.3, 0.4) is 0 Å². The van der Waals surface area contributed by atoms with Crippen LogP contribution >= 0.6 is 0 Å². The zero-order chi connectivity index (χ0) is 13.8. The first kappa shape index (κ1) is 13.4. The summed E-state index contributed by atoms with van der Waals surface area (Å²) in [5, 5.41) is 10.4. The minimum absolute atomic E-state index is 0.614. The molecule has 0 amide bonds. The number of ether oxygens (including phenoxy) is 2. The Morgan fingerprint density at radius 2 is 1.89 bits per heavy atom. The Kier molecular flexibility index (Phi) is 4.02. The Morgan fingerprint density at radius 3 is 2.58 bits per heavy atom. The maximum atomic E-state index is 10.4. The van der Waals surface area contributed by atoms with Crippen molar-refractivity contribution in [1.82, 2.24) is 4.98 Å². The Hall–Kier alpha value is -2.07. The van der Waals surface area contributed by atoms with Crippen molar-refractivity contribution in [1.29, 1.82) is 0 Å². The molecule has 4 nitrogen and oxygen atoms in total. The van der Waals surface area contributed by atoms with Gasteiger partial charge in [0.1, 0.15) is 17.6 Å². The maximum Gasteiger partial charge on any atom is 0.137 e. The number of aliphatic hydroxyl groups excluding tert-OH is 1. The third kappa shape index (κ3) is 2.85. The van der Waals surface area contributed by atoms with Crippen molar-refractivity contribution in [3.05, 3.63) is 53.3 Å². The van der Waals surface area contributed by atoms with E-state index in [1.54, 1.807) is 32.7 Å². The number of methoxy groups -OCH3 is 2. The number of aliphatic hydroxyl groups is 1. The second-order valence-corrected chi connectivity index (χ2v) is 4.31. The van der Waals surface area contributed by atoms with Crippen LogP contribution in [0.2, 0.25) is 0 Å². The number of aromatic nitrogens is 1. The quantitative estimate of drug-likeness (QED) is 0.916. The van der Waals surface area contributed by atoms with Crippen LogP contribution in [0.5, 0.6) is 11.5 Å². The third-order valence-electron chi connectivity index (χ3n) is 2.97. The SMILES string of the molecule is COc1cncc(C(O)c2ccc(C)cc2OC)c1. The van der Waals surface area contributed by atoms with Gasteiger partial charge in [0.05, 0.1) is 20.4 Å². The molecule has 0 saturated carbocycles. The molecular formula is C15H17NO3. The summed E-state index contributed by atoms with van der Waals surface area (Å²) in [6.07, 6.45) is 2.42. The predicted molar refractivity (Wildman–Crippen MR) is 72.6 cm³/mol. The van der Waals surface area contributed by atoms with Crippen LogP contribution < -0.4 is 9.47 Å². The molecule has 4 heteroatoms. The third-order valence-corrected chi connectivity index (χ3v) is 2.97. The van der Waals surface area contributed by atoms with Crippen molar-refractivity contribution in [2.24, 2.45) is 0 Å². The van der Waals surface area contributed by atoms with Crippen molar-refractivity contribution in [3.8, 4) is 11.5 Å². The zero-order valence-corrected chi connectivity index (χ0v) is 11.3. The molecule has 1 heterocycles. The lowest BCUT2D eigenvalue weighted by Crippen LogP contribution is -2.03. The lowest BCUT2D eigenvalue weighted by atomic mass is 10.0. The van der Waals surface area contributed by atoms with Crippen LogP contribution in [0.15, 0.2) is 36.7 Å². The van der Waals surface area contributed by atoms with Crippen LogP contribution in [-0.2, 0) is 0 Å². The smallest absolute Gasteiger partial charge is 0.137 e. The fraction of sp³-hybridized carbons (Fsp3) is 0.267. The van der Waals surface area contributed by atoms with E-state index in [9.17, 15) is 5.11 Å². The minimum Gasteiger partial charge on any atom is -0.496 e. The van der Waals surface area contributed by atoms with E-state index < -0.39 is 6.10 Å². The van der Waals surface area contributed by atoms with E-state index in [0.29, 0.717) is 22.6 Å². The van der Waals surface area contributed by atoms with Crippen molar-refractivity contribution in [3.63, 3.8) is 0 Å². The molecule has 0 bridgehead atoms. The molecular weight excluding hydrogens is 242 g/mol. The summed E-state index contributed by atoms with van der Waals surface area (Å²) in [4.78, 5) is 4.05. The minimum atomic E-state index is -0.793. The van der Waals surface area contributed by atoms with Crippen molar-refractivity contribution in [2.45, 2.75) is 13.0 Å². The number of pyridine rings is 1. The predicted octanol–water partition coefficient (Wildman–Crippen LogP) is 2.49. The maximum absolute atomic E-state index is 10.4. The van der Waals surface area contributed by atoms with Crippen LogP contribution in [0.1, 0.15) is 22.8 Å². The Balaban J connectivity index is 2.40. The van der Waals surface area contributed by atoms with Crippen molar-refractivity contribution < 1.29 is 14.6 Å². The first-order valence-corrected chi connectivity index (χ1v) is 5.97. The van der Waals surface area contributed by atoms with Crippen LogP contribution in [0.25, 0.3) is 0 Å². The van der Waals surface area contributed by atoms with E-state index in [1.807, 2.05) is 25.1 Å². The fourth-order valence-corrected chi connectivity index (χ4v) is 1.92. The van der Waals surface area contributed by atoms with E-state index in [-0.39, 0.29) is 0 Å². The van der Waals surface area contributed by atoms with Gasteiger partial charge in [0.2, 0.25) is 0 Å². The van der Waals surface area contributed by atoms with Crippen LogP contribution in [-0.4, -0.2) is 24.3 Å². The van der Waals surface area contributed by atoms with Gasteiger partial charge in [0.25, 0.3) is 0 Å². The summed E-state index contributed by atoms with van der Waals surface area (Å²) < 4.78 is 10.4. The average Bonchev–Trinajstić information content (AvgIpc) is 2.46. The summed E-state index contributed by atoms with van der Waals surface area (Å²) in [6.45, 7) is 1.98. The molecule has 1 aromatic carbocycles. The van der Waals surface area contributed by atoms with Gasteiger partial charge in [-0.05, 0) is 24.6 Å². The van der Waals surface area contributed by atoms with E-state index >= 15 is 0 Å². The monoisotopic (exact) mass is 259 g/mol. The molecule has 0 radical (unpaired) electrons. The van der Waals surface area contributed by atoms with Gasteiger partial charge in [-0.15, -0.1) is 0 Å². The number of benzene rings is 1. The van der Waals surface area contributed by atoms with Gasteiger partial charge >= 0.3 is 0 Å². The lowest BCUT2D eigenvalue weighted by Gasteiger charge is -2.16. The molecule has 1 unspecified atom stereocenters. The molecule has 19 heavy (non-hydrogen) atoms. The normalized spacial score (nSPS) is 12.0. The van der Waals surface area contributed by atoms with Crippen molar-refractivity contribution >= 4 is 0 Å². The lowest BCUT2D eigenvalue weighted by molar-refractivity contribution is 0.213. The molecule has 0 fully saturated rings. The molecule has 2 rings (SSSR count). The number of aryl methyl sites for hydroxylation is 1. The fourth-order valence-electron chi connectivity index (χ4n) is 1.92. The molecule has 0 aliphatic carbocycles. The van der Waals surface area contributed by atoms with Gasteiger partial charge in [-0.2, -0.15) is 0 Å². The number of hydrogen-bond acceptors (Lipinski definition) is 4. The molecule has 1 aromatic heterocycles. The van der Waals surface area contributed by atoms with Gasteiger partial charge in [-0.3, -0.25) is 4.98 Å². The van der Waals surface area contributed by atoms with Gasteiger partial charge in [-0.1, -0.05) is 12.1 Å². The zero-order valence-electron chi connectivity index (χ0n) is 11.3. The Morgan fingerprint density at radius 1 is 1.11 bits per heavy atom. The van der Waals surface area contributed by atoms with Gasteiger partial charge in [0.15, 0.2) is 0 Å². The summed E-state index contributed by atoms with van der Waals surface area (Å²) in [5.74, 6) is 1.28. The average molecular weight is 259 g/mol. The summed E-state index contributed by atoms with van der Waals surface area (Å²) in [7, 11) is 3.16. The van der Waals surface area contributed by atoms with Gasteiger partial charge in [0, 0.05) is 17.3 Å². The molecule has 0 spiro atoms. The number of nitrogens with zero attached hydrogens (tertiary/aromatic N) is 1. The van der Waals surface area contributed by atoms with Crippen LogP contribution in [0.4, 0.5) is 0 Å². The molecule has 1 atom stereocenters. The molecule has 2 aromatic rings. The molecule has 0 aliphatic rings. The standard InChI is InChI=1S/C15H17NO3/c1-10-4-5-13(14(6-10)19-3)15(17)11-7-12(18-2)9-16-8-11/h4-9,15,17H,1-3H3. The summed E-state index contributed by atoms with van der Waals surface area (Å²) in [6, 6.07) is 7.45. The Labute approximate surface area is 112 Å². The summed E-state index contributed by atoms with van der Waals surface area (Å²) >= 11 is 0. The van der Waals surface area contributed by atoms with E-state index in [0.717, 1.165) is 5.56 Å². The van der Waals surface area contributed by atoms with Gasteiger partial charge in [-0.25, -0.2) is 0 Å². The highest BCUT2D eigenvalue weighted by Crippen LogP contribution is 2.31. The molecule has 0 saturated heterocycles. The topological polar surface area (TPSA) is 51.6 Å². The molecule has 1 N–H and O–H groups in total. The highest BCUT2D eigenvalue weighted by molar-refractivity contribution is 5.43. The number of hydrogen-bond donors (Lipinski definition) is 1. The van der Waals surface area contributed by atoms with Gasteiger partial charge < -0.3 is 14.6 Å².